The van der Waals surface area contributed by atoms with Crippen LogP contribution < -0.4 is 15.4 Å². The Morgan fingerprint density at radius 1 is 0.963 bits per heavy atom. The maximum atomic E-state index is 12.3. The van der Waals surface area contributed by atoms with Gasteiger partial charge in [-0.2, -0.15) is 0 Å². The first-order chi connectivity index (χ1) is 12.4. The summed E-state index contributed by atoms with van der Waals surface area (Å²) in [5, 5.41) is 5.33. The molecule has 1 rings (SSSR count). The first kappa shape index (κ1) is 23.1. The van der Waals surface area contributed by atoms with Crippen LogP contribution in [-0.4, -0.2) is 39.9 Å². The average Bonchev–Trinajstić information content (AvgIpc) is 2.57. The van der Waals surface area contributed by atoms with Gasteiger partial charge in [-0.25, -0.2) is 13.1 Å². The molecule has 7 nitrogen and oxygen atoms in total. The lowest BCUT2D eigenvalue weighted by atomic mass is 9.87. The normalized spacial score (nSPS) is 12.1. The third-order valence-corrected chi connectivity index (χ3v) is 5.42. The standard InChI is InChI=1S/C19H31N3O4S/c1-14(2)18(24)21-13-12-20-17(23)10-11-22-27(25,26)16-8-6-15(7-9-16)19(3,4)5/h6-9,14,22H,10-13H2,1-5H3,(H,20,23)(H,21,24). The first-order valence-electron chi connectivity index (χ1n) is 9.08. The van der Waals surface area contributed by atoms with Gasteiger partial charge in [-0.1, -0.05) is 46.8 Å². The number of hydrogen-bond acceptors (Lipinski definition) is 4. The molecule has 2 amide bonds. The molecular weight excluding hydrogens is 366 g/mol. The van der Waals surface area contributed by atoms with E-state index < -0.39 is 10.0 Å². The van der Waals surface area contributed by atoms with Crippen molar-refractivity contribution in [1.82, 2.24) is 15.4 Å². The Hall–Kier alpha value is -1.93. The molecule has 27 heavy (non-hydrogen) atoms. The highest BCUT2D eigenvalue weighted by atomic mass is 32.2. The minimum Gasteiger partial charge on any atom is -0.354 e. The van der Waals surface area contributed by atoms with Gasteiger partial charge in [0.1, 0.15) is 0 Å². The average molecular weight is 398 g/mol. The zero-order chi connectivity index (χ0) is 20.7. The van der Waals surface area contributed by atoms with Crippen LogP contribution in [0.15, 0.2) is 29.2 Å². The van der Waals surface area contributed by atoms with Gasteiger partial charge in [0.2, 0.25) is 21.8 Å². The van der Waals surface area contributed by atoms with Crippen LogP contribution in [0.3, 0.4) is 0 Å². The van der Waals surface area contributed by atoms with Gasteiger partial charge in [0.15, 0.2) is 0 Å². The van der Waals surface area contributed by atoms with Gasteiger partial charge in [0.05, 0.1) is 4.90 Å². The fourth-order valence-corrected chi connectivity index (χ4v) is 3.23. The lowest BCUT2D eigenvalue weighted by Gasteiger charge is -2.19. The van der Waals surface area contributed by atoms with Crippen molar-refractivity contribution in [2.24, 2.45) is 5.92 Å². The SMILES string of the molecule is CC(C)C(=O)NCCNC(=O)CCNS(=O)(=O)c1ccc(C(C)(C)C)cc1. The molecule has 0 aliphatic rings. The number of benzene rings is 1. The molecule has 0 saturated carbocycles. The van der Waals surface area contributed by atoms with Crippen LogP contribution in [0, 0.1) is 5.92 Å². The van der Waals surface area contributed by atoms with Crippen molar-refractivity contribution >= 4 is 21.8 Å². The van der Waals surface area contributed by atoms with E-state index in [0.717, 1.165) is 5.56 Å². The van der Waals surface area contributed by atoms with Crippen molar-refractivity contribution < 1.29 is 18.0 Å². The Morgan fingerprint density at radius 3 is 2.04 bits per heavy atom. The van der Waals surface area contributed by atoms with E-state index in [1.54, 1.807) is 38.1 Å². The maximum absolute atomic E-state index is 12.3. The molecule has 0 fully saturated rings. The van der Waals surface area contributed by atoms with Gasteiger partial charge < -0.3 is 10.6 Å². The van der Waals surface area contributed by atoms with Crippen molar-refractivity contribution in [1.29, 1.82) is 0 Å². The van der Waals surface area contributed by atoms with E-state index in [1.807, 2.05) is 0 Å². The molecular formula is C19H31N3O4S. The number of carbonyl (C=O) groups is 2. The van der Waals surface area contributed by atoms with Crippen molar-refractivity contribution in [2.75, 3.05) is 19.6 Å². The zero-order valence-electron chi connectivity index (χ0n) is 16.8. The summed E-state index contributed by atoms with van der Waals surface area (Å²) in [6.45, 7) is 10.4. The number of amides is 2. The van der Waals surface area contributed by atoms with Crippen LogP contribution in [0.25, 0.3) is 0 Å². The van der Waals surface area contributed by atoms with Crippen LogP contribution in [0.2, 0.25) is 0 Å². The molecule has 0 heterocycles. The predicted molar refractivity (Wildman–Crippen MR) is 106 cm³/mol. The fourth-order valence-electron chi connectivity index (χ4n) is 2.20. The quantitative estimate of drug-likeness (QED) is 0.550. The lowest BCUT2D eigenvalue weighted by Crippen LogP contribution is -2.37. The minimum absolute atomic E-state index is 0.00748. The van der Waals surface area contributed by atoms with Crippen LogP contribution in [-0.2, 0) is 25.0 Å². The van der Waals surface area contributed by atoms with Gasteiger partial charge in [0.25, 0.3) is 0 Å². The van der Waals surface area contributed by atoms with Gasteiger partial charge >= 0.3 is 0 Å². The van der Waals surface area contributed by atoms with Crippen LogP contribution in [0.4, 0.5) is 0 Å². The summed E-state index contributed by atoms with van der Waals surface area (Å²) < 4.78 is 27.0. The highest BCUT2D eigenvalue weighted by Crippen LogP contribution is 2.23. The molecule has 0 aromatic heterocycles. The number of rotatable bonds is 9. The fraction of sp³-hybridized carbons (Fsp3) is 0.579. The van der Waals surface area contributed by atoms with Gasteiger partial charge in [-0.3, -0.25) is 9.59 Å². The van der Waals surface area contributed by atoms with Crippen molar-refractivity contribution in [3.8, 4) is 0 Å². The topological polar surface area (TPSA) is 104 Å². The van der Waals surface area contributed by atoms with E-state index in [2.05, 4.69) is 36.1 Å². The molecule has 1 aromatic carbocycles. The van der Waals surface area contributed by atoms with Crippen molar-refractivity contribution in [2.45, 2.75) is 51.3 Å². The molecule has 152 valence electrons. The lowest BCUT2D eigenvalue weighted by molar-refractivity contribution is -0.124. The number of sulfonamides is 1. The zero-order valence-corrected chi connectivity index (χ0v) is 17.6. The second-order valence-electron chi connectivity index (χ2n) is 7.72. The van der Waals surface area contributed by atoms with E-state index in [0.29, 0.717) is 13.1 Å². The largest absolute Gasteiger partial charge is 0.354 e. The number of hydrogen-bond donors (Lipinski definition) is 3. The molecule has 0 bridgehead atoms. The second kappa shape index (κ2) is 9.85. The van der Waals surface area contributed by atoms with E-state index >= 15 is 0 Å². The molecule has 0 spiro atoms. The number of nitrogens with one attached hydrogen (secondary N) is 3. The van der Waals surface area contributed by atoms with Gasteiger partial charge in [0, 0.05) is 32.0 Å². The Morgan fingerprint density at radius 2 is 1.52 bits per heavy atom. The van der Waals surface area contributed by atoms with Crippen LogP contribution in [0.1, 0.15) is 46.6 Å². The minimum atomic E-state index is -3.65. The molecule has 0 aliphatic carbocycles. The third-order valence-electron chi connectivity index (χ3n) is 3.95. The van der Waals surface area contributed by atoms with Gasteiger partial charge in [-0.05, 0) is 23.1 Å². The Kier molecular flexibility index (Phi) is 8.43. The Balaban J connectivity index is 2.39. The summed E-state index contributed by atoms with van der Waals surface area (Å²) in [4.78, 5) is 23.3. The molecule has 0 aliphatic heterocycles. The summed E-state index contributed by atoms with van der Waals surface area (Å²) in [5.41, 5.74) is 0.994. The van der Waals surface area contributed by atoms with E-state index in [-0.39, 0.29) is 41.0 Å². The highest BCUT2D eigenvalue weighted by molar-refractivity contribution is 7.89. The highest BCUT2D eigenvalue weighted by Gasteiger charge is 2.17. The predicted octanol–water partition coefficient (Wildman–Crippen LogP) is 1.54. The number of carbonyl (C=O) groups excluding carboxylic acids is 2. The molecule has 0 radical (unpaired) electrons. The summed E-state index contributed by atoms with van der Waals surface area (Å²) in [6, 6.07) is 6.74. The first-order valence-corrected chi connectivity index (χ1v) is 10.6. The second-order valence-corrected chi connectivity index (χ2v) is 9.48. The monoisotopic (exact) mass is 397 g/mol. The molecule has 0 atom stereocenters. The third kappa shape index (κ3) is 8.09. The molecule has 1 aromatic rings. The summed E-state index contributed by atoms with van der Waals surface area (Å²) in [5.74, 6) is -0.457. The summed E-state index contributed by atoms with van der Waals surface area (Å²) >= 11 is 0. The molecule has 3 N–H and O–H groups in total. The smallest absolute Gasteiger partial charge is 0.240 e. The summed E-state index contributed by atoms with van der Waals surface area (Å²) in [6.07, 6.45) is 0.0252. The molecule has 0 saturated heterocycles. The van der Waals surface area contributed by atoms with Crippen LogP contribution >= 0.6 is 0 Å². The maximum Gasteiger partial charge on any atom is 0.240 e. The van der Waals surface area contributed by atoms with Gasteiger partial charge in [-0.15, -0.1) is 0 Å². The van der Waals surface area contributed by atoms with Crippen molar-refractivity contribution in [3.05, 3.63) is 29.8 Å². The summed E-state index contributed by atoms with van der Waals surface area (Å²) in [7, 11) is -3.65. The van der Waals surface area contributed by atoms with E-state index in [4.69, 9.17) is 0 Å². The van der Waals surface area contributed by atoms with E-state index in [9.17, 15) is 18.0 Å². The van der Waals surface area contributed by atoms with Crippen molar-refractivity contribution in [3.63, 3.8) is 0 Å². The Labute approximate surface area is 162 Å². The molecule has 8 heteroatoms. The molecule has 0 unspecified atom stereocenters. The van der Waals surface area contributed by atoms with E-state index in [1.165, 1.54) is 0 Å². The Bertz CT molecular complexity index is 735. The van der Waals surface area contributed by atoms with Crippen LogP contribution in [0.5, 0.6) is 0 Å².